The number of hydrogen-bond acceptors (Lipinski definition) is 6. The molecule has 0 spiro atoms. The number of nitrogens with one attached hydrogen (secondary N) is 2. The van der Waals surface area contributed by atoms with Crippen LogP contribution in [0.5, 0.6) is 0 Å². The van der Waals surface area contributed by atoms with E-state index in [4.69, 9.17) is 0 Å². The van der Waals surface area contributed by atoms with Crippen LogP contribution in [0, 0.1) is 5.82 Å². The van der Waals surface area contributed by atoms with Gasteiger partial charge in [-0.1, -0.05) is 32.0 Å². The topological polar surface area (TPSA) is 80.0 Å². The summed E-state index contributed by atoms with van der Waals surface area (Å²) < 4.78 is 15.5. The molecule has 0 fully saturated rings. The molecule has 0 amide bonds. The molecule has 7 nitrogen and oxygen atoms in total. The maximum atomic E-state index is 13.8. The van der Waals surface area contributed by atoms with Crippen LogP contribution in [-0.2, 0) is 6.42 Å². The Bertz CT molecular complexity index is 1220. The summed E-state index contributed by atoms with van der Waals surface area (Å²) in [5, 5.41) is 11.5. The van der Waals surface area contributed by atoms with Gasteiger partial charge in [0.2, 0.25) is 5.95 Å². The zero-order valence-corrected chi connectivity index (χ0v) is 16.8. The molecule has 0 saturated heterocycles. The minimum atomic E-state index is -0.420. The number of nitrogens with zero attached hydrogens (tertiary/aromatic N) is 5. The summed E-state index contributed by atoms with van der Waals surface area (Å²) >= 11 is 0. The van der Waals surface area contributed by atoms with Crippen molar-refractivity contribution >= 4 is 17.3 Å². The average molecular weight is 403 g/mol. The number of anilines is 2. The number of halogens is 1. The van der Waals surface area contributed by atoms with E-state index in [0.717, 1.165) is 24.2 Å². The first kappa shape index (κ1) is 18.5. The fourth-order valence-electron chi connectivity index (χ4n) is 3.78. The summed E-state index contributed by atoms with van der Waals surface area (Å²) in [5.41, 5.74) is 4.67. The fourth-order valence-corrected chi connectivity index (χ4v) is 3.78. The third-order valence-corrected chi connectivity index (χ3v) is 5.34. The van der Waals surface area contributed by atoms with Gasteiger partial charge in [-0.3, -0.25) is 4.98 Å². The highest BCUT2D eigenvalue weighted by Crippen LogP contribution is 2.26. The lowest BCUT2D eigenvalue weighted by atomic mass is 10.00. The van der Waals surface area contributed by atoms with E-state index >= 15 is 0 Å². The number of fused-ring (bicyclic) bond motifs is 2. The summed E-state index contributed by atoms with van der Waals surface area (Å²) in [4.78, 5) is 13.3. The van der Waals surface area contributed by atoms with Crippen LogP contribution in [-0.4, -0.2) is 37.2 Å². The first-order chi connectivity index (χ1) is 14.6. The van der Waals surface area contributed by atoms with Crippen molar-refractivity contribution < 1.29 is 4.39 Å². The molecule has 4 heterocycles. The highest BCUT2D eigenvalue weighted by atomic mass is 19.1. The van der Waals surface area contributed by atoms with Gasteiger partial charge < -0.3 is 10.6 Å². The number of rotatable bonds is 4. The Balaban J connectivity index is 1.57. The minimum Gasteiger partial charge on any atom is -0.383 e. The van der Waals surface area contributed by atoms with Gasteiger partial charge in [0.25, 0.3) is 0 Å². The van der Waals surface area contributed by atoms with Crippen LogP contribution in [0.3, 0.4) is 0 Å². The van der Waals surface area contributed by atoms with Gasteiger partial charge in [-0.15, -0.1) is 0 Å². The predicted molar refractivity (Wildman–Crippen MR) is 114 cm³/mol. The lowest BCUT2D eigenvalue weighted by Crippen LogP contribution is -2.35. The van der Waals surface area contributed by atoms with E-state index in [2.05, 4.69) is 56.7 Å². The average Bonchev–Trinajstić information content (AvgIpc) is 3.18. The predicted octanol–water partition coefficient (Wildman–Crippen LogP) is 3.90. The molecule has 1 atom stereocenters. The van der Waals surface area contributed by atoms with E-state index in [-0.39, 0.29) is 12.0 Å². The van der Waals surface area contributed by atoms with E-state index in [0.29, 0.717) is 23.0 Å². The largest absolute Gasteiger partial charge is 0.383 e. The van der Waals surface area contributed by atoms with Crippen molar-refractivity contribution in [3.8, 4) is 11.4 Å². The molecule has 4 aromatic rings. The third-order valence-electron chi connectivity index (χ3n) is 5.34. The molecule has 1 aliphatic heterocycles. The minimum absolute atomic E-state index is 0.128. The Kier molecular flexibility index (Phi) is 4.54. The Morgan fingerprint density at radius 1 is 1.17 bits per heavy atom. The van der Waals surface area contributed by atoms with Crippen LogP contribution < -0.4 is 10.6 Å². The summed E-state index contributed by atoms with van der Waals surface area (Å²) in [7, 11) is 0. The van der Waals surface area contributed by atoms with Gasteiger partial charge in [0.05, 0.1) is 18.4 Å². The molecule has 5 rings (SSSR count). The number of pyridine rings is 1. The lowest BCUT2D eigenvalue weighted by molar-refractivity contribution is 0.621. The standard InChI is InChI=1S/C22H22FN7/c1-13(2)18-12-26-30-21(18)28-20(15-7-16(23)10-24-9-15)29-22(30)27-17-8-14-5-3-4-6-19(14)25-11-17/h3-7,9-10,12-13,17,25H,8,11H2,1-2H3,(H,27,28,29)/t17-/m0/s1. The van der Waals surface area contributed by atoms with E-state index in [1.165, 1.54) is 17.8 Å². The van der Waals surface area contributed by atoms with Gasteiger partial charge in [0, 0.05) is 29.6 Å². The monoisotopic (exact) mass is 403 g/mol. The van der Waals surface area contributed by atoms with Crippen LogP contribution in [0.4, 0.5) is 16.0 Å². The first-order valence-electron chi connectivity index (χ1n) is 10.0. The molecule has 1 aromatic carbocycles. The maximum absolute atomic E-state index is 13.8. The van der Waals surface area contributed by atoms with Crippen LogP contribution in [0.1, 0.15) is 30.9 Å². The van der Waals surface area contributed by atoms with Crippen molar-refractivity contribution in [1.82, 2.24) is 24.6 Å². The van der Waals surface area contributed by atoms with E-state index in [1.807, 2.05) is 18.3 Å². The summed E-state index contributed by atoms with van der Waals surface area (Å²) in [6, 6.07) is 9.81. The van der Waals surface area contributed by atoms with E-state index in [1.54, 1.807) is 10.7 Å². The zero-order chi connectivity index (χ0) is 20.7. The van der Waals surface area contributed by atoms with Crippen molar-refractivity contribution in [2.75, 3.05) is 17.2 Å². The number of aromatic nitrogens is 5. The van der Waals surface area contributed by atoms with Crippen molar-refractivity contribution in [3.63, 3.8) is 0 Å². The van der Waals surface area contributed by atoms with Gasteiger partial charge in [-0.2, -0.15) is 14.6 Å². The Labute approximate surface area is 173 Å². The second kappa shape index (κ2) is 7.37. The summed E-state index contributed by atoms with van der Waals surface area (Å²) in [6.45, 7) is 4.95. The van der Waals surface area contributed by atoms with Crippen molar-refractivity contribution in [2.45, 2.75) is 32.2 Å². The van der Waals surface area contributed by atoms with Crippen molar-refractivity contribution in [2.24, 2.45) is 0 Å². The number of para-hydroxylation sites is 1. The highest BCUT2D eigenvalue weighted by molar-refractivity contribution is 5.62. The molecule has 1 aliphatic rings. The molecule has 0 aliphatic carbocycles. The van der Waals surface area contributed by atoms with Gasteiger partial charge in [0.1, 0.15) is 5.82 Å². The van der Waals surface area contributed by atoms with Crippen LogP contribution >= 0.6 is 0 Å². The highest BCUT2D eigenvalue weighted by Gasteiger charge is 2.22. The third kappa shape index (κ3) is 3.34. The second-order valence-electron chi connectivity index (χ2n) is 7.84. The Hall–Kier alpha value is -3.55. The van der Waals surface area contributed by atoms with Crippen LogP contribution in [0.15, 0.2) is 48.9 Å². The number of benzene rings is 1. The SMILES string of the molecule is CC(C)c1cnn2c(N[C@@H]3CNc4ccccc4C3)nc(-c3cncc(F)c3)nc12. The van der Waals surface area contributed by atoms with Gasteiger partial charge >= 0.3 is 0 Å². The first-order valence-corrected chi connectivity index (χ1v) is 10.0. The maximum Gasteiger partial charge on any atom is 0.228 e. The Morgan fingerprint density at radius 3 is 2.87 bits per heavy atom. The second-order valence-corrected chi connectivity index (χ2v) is 7.84. The molecule has 0 bridgehead atoms. The van der Waals surface area contributed by atoms with Crippen LogP contribution in [0.2, 0.25) is 0 Å². The van der Waals surface area contributed by atoms with Gasteiger partial charge in [0.15, 0.2) is 11.5 Å². The molecule has 152 valence electrons. The van der Waals surface area contributed by atoms with Crippen LogP contribution in [0.25, 0.3) is 17.0 Å². The molecule has 2 N–H and O–H groups in total. The van der Waals surface area contributed by atoms with E-state index in [9.17, 15) is 4.39 Å². The molecular formula is C22H22FN7. The van der Waals surface area contributed by atoms with Gasteiger partial charge in [-0.05, 0) is 30.0 Å². The smallest absolute Gasteiger partial charge is 0.228 e. The summed E-state index contributed by atoms with van der Waals surface area (Å²) in [6.07, 6.45) is 5.43. The van der Waals surface area contributed by atoms with Crippen molar-refractivity contribution in [1.29, 1.82) is 0 Å². The fraction of sp³-hybridized carbons (Fsp3) is 0.273. The van der Waals surface area contributed by atoms with Crippen molar-refractivity contribution in [3.05, 3.63) is 65.9 Å². The zero-order valence-electron chi connectivity index (χ0n) is 16.8. The quantitative estimate of drug-likeness (QED) is 0.538. The number of hydrogen-bond donors (Lipinski definition) is 2. The molecular weight excluding hydrogens is 381 g/mol. The molecule has 8 heteroatoms. The lowest BCUT2D eigenvalue weighted by Gasteiger charge is -2.27. The van der Waals surface area contributed by atoms with Gasteiger partial charge in [-0.25, -0.2) is 9.37 Å². The molecule has 0 unspecified atom stereocenters. The molecule has 0 radical (unpaired) electrons. The normalized spacial score (nSPS) is 15.8. The van der Waals surface area contributed by atoms with E-state index < -0.39 is 5.82 Å². The molecule has 0 saturated carbocycles. The summed E-state index contributed by atoms with van der Waals surface area (Å²) in [5.74, 6) is 0.823. The Morgan fingerprint density at radius 2 is 2.03 bits per heavy atom. The molecule has 30 heavy (non-hydrogen) atoms. The molecule has 3 aromatic heterocycles.